The summed E-state index contributed by atoms with van der Waals surface area (Å²) in [5.74, 6) is -2.96. The zero-order chi connectivity index (χ0) is 14.0. The van der Waals surface area contributed by atoms with Gasteiger partial charge in [0.05, 0.1) is 5.56 Å². The normalized spacial score (nSPS) is 17.1. The lowest BCUT2D eigenvalue weighted by atomic mass is 9.97. The number of carboxylic acids is 1. The summed E-state index contributed by atoms with van der Waals surface area (Å²) in [7, 11) is 0. The van der Waals surface area contributed by atoms with Crippen LogP contribution in [-0.2, 0) is 4.79 Å². The molecule has 3 N–H and O–H groups in total. The summed E-state index contributed by atoms with van der Waals surface area (Å²) in [6.07, 6.45) is 2.16. The minimum atomic E-state index is -1.28. The number of hydrogen-bond donors (Lipinski definition) is 3. The minimum absolute atomic E-state index is 0.131. The van der Waals surface area contributed by atoms with E-state index in [0.717, 1.165) is 31.0 Å². The van der Waals surface area contributed by atoms with Gasteiger partial charge in [-0.2, -0.15) is 0 Å². The third kappa shape index (κ3) is 2.52. The van der Waals surface area contributed by atoms with Gasteiger partial charge in [-0.05, 0) is 25.0 Å². The topological polar surface area (TPSA) is 86.6 Å². The van der Waals surface area contributed by atoms with Gasteiger partial charge in [-0.1, -0.05) is 12.8 Å². The van der Waals surface area contributed by atoms with E-state index in [1.54, 1.807) is 0 Å². The van der Waals surface area contributed by atoms with Gasteiger partial charge in [0.15, 0.2) is 0 Å². The minimum Gasteiger partial charge on any atom is -0.507 e. The lowest BCUT2D eigenvalue weighted by molar-refractivity contribution is -0.144. The summed E-state index contributed by atoms with van der Waals surface area (Å²) in [6, 6.07) is 2.98. The molecular weight excluding hydrogens is 253 g/mol. The van der Waals surface area contributed by atoms with Crippen molar-refractivity contribution in [3.05, 3.63) is 29.6 Å². The first-order valence-electron chi connectivity index (χ1n) is 5.99. The Kier molecular flexibility index (Phi) is 3.42. The summed E-state index contributed by atoms with van der Waals surface area (Å²) in [6.45, 7) is 0. The van der Waals surface area contributed by atoms with Gasteiger partial charge >= 0.3 is 5.97 Å². The summed E-state index contributed by atoms with van der Waals surface area (Å²) in [4.78, 5) is 23.3. The molecule has 19 heavy (non-hydrogen) atoms. The van der Waals surface area contributed by atoms with Crippen LogP contribution in [0.1, 0.15) is 36.0 Å². The number of hydrogen-bond acceptors (Lipinski definition) is 3. The molecule has 1 fully saturated rings. The molecule has 1 amide bonds. The number of halogens is 1. The molecule has 5 nitrogen and oxygen atoms in total. The number of rotatable bonds is 3. The number of phenols is 1. The number of carbonyl (C=O) groups excluding carboxylic acids is 1. The molecule has 0 aliphatic heterocycles. The SMILES string of the molecule is O=C(NC1(C(=O)O)CCCC1)c1ccc(F)cc1O. The van der Waals surface area contributed by atoms with E-state index in [0.29, 0.717) is 12.8 Å². The third-order valence-corrected chi connectivity index (χ3v) is 3.42. The first kappa shape index (κ1) is 13.3. The molecule has 1 aliphatic carbocycles. The molecule has 0 unspecified atom stereocenters. The van der Waals surface area contributed by atoms with E-state index in [2.05, 4.69) is 5.32 Å². The van der Waals surface area contributed by atoms with Crippen LogP contribution in [0.2, 0.25) is 0 Å². The predicted octanol–water partition coefficient (Wildman–Crippen LogP) is 1.66. The van der Waals surface area contributed by atoms with Crippen molar-refractivity contribution in [2.45, 2.75) is 31.2 Å². The average Bonchev–Trinajstić information content (AvgIpc) is 2.78. The summed E-state index contributed by atoms with van der Waals surface area (Å²) >= 11 is 0. The molecule has 1 aromatic rings. The molecule has 2 rings (SSSR count). The van der Waals surface area contributed by atoms with Crippen molar-refractivity contribution in [1.82, 2.24) is 5.32 Å². The highest BCUT2D eigenvalue weighted by Gasteiger charge is 2.42. The molecule has 1 aromatic carbocycles. The Balaban J connectivity index is 2.22. The number of aromatic hydroxyl groups is 1. The molecule has 1 saturated carbocycles. The van der Waals surface area contributed by atoms with Crippen LogP contribution in [0.5, 0.6) is 5.75 Å². The van der Waals surface area contributed by atoms with Gasteiger partial charge in [-0.25, -0.2) is 9.18 Å². The van der Waals surface area contributed by atoms with E-state index in [4.69, 9.17) is 0 Å². The Morgan fingerprint density at radius 1 is 1.26 bits per heavy atom. The number of benzene rings is 1. The van der Waals surface area contributed by atoms with Gasteiger partial charge in [0, 0.05) is 6.07 Å². The van der Waals surface area contributed by atoms with Crippen LogP contribution in [0, 0.1) is 5.82 Å². The lowest BCUT2D eigenvalue weighted by Gasteiger charge is -2.25. The van der Waals surface area contributed by atoms with Crippen LogP contribution in [0.3, 0.4) is 0 Å². The fourth-order valence-electron chi connectivity index (χ4n) is 2.35. The summed E-state index contributed by atoms with van der Waals surface area (Å²) in [5.41, 5.74) is -1.41. The lowest BCUT2D eigenvalue weighted by Crippen LogP contribution is -2.52. The first-order valence-corrected chi connectivity index (χ1v) is 5.99. The van der Waals surface area contributed by atoms with E-state index in [-0.39, 0.29) is 5.56 Å². The van der Waals surface area contributed by atoms with Gasteiger partial charge in [0.25, 0.3) is 5.91 Å². The maximum atomic E-state index is 12.8. The van der Waals surface area contributed by atoms with Crippen LogP contribution in [0.4, 0.5) is 4.39 Å². The van der Waals surface area contributed by atoms with Gasteiger partial charge in [0.2, 0.25) is 0 Å². The Hall–Kier alpha value is -2.11. The largest absolute Gasteiger partial charge is 0.507 e. The number of nitrogens with one attached hydrogen (secondary N) is 1. The molecule has 0 radical (unpaired) electrons. The second-order valence-corrected chi connectivity index (χ2v) is 4.71. The molecular formula is C13H14FNO4. The highest BCUT2D eigenvalue weighted by molar-refractivity contribution is 6.00. The highest BCUT2D eigenvalue weighted by Crippen LogP contribution is 2.31. The van der Waals surface area contributed by atoms with Gasteiger partial charge < -0.3 is 15.5 Å². The van der Waals surface area contributed by atoms with Crippen molar-refractivity contribution in [3.8, 4) is 5.75 Å². The number of carboxylic acid groups (broad SMARTS) is 1. The van der Waals surface area contributed by atoms with Gasteiger partial charge in [-0.3, -0.25) is 4.79 Å². The highest BCUT2D eigenvalue weighted by atomic mass is 19.1. The molecule has 0 bridgehead atoms. The van der Waals surface area contributed by atoms with E-state index < -0.39 is 29.0 Å². The standard InChI is InChI=1S/C13H14FNO4/c14-8-3-4-9(10(16)7-8)11(17)15-13(12(18)19)5-1-2-6-13/h3-4,7,16H,1-2,5-6H2,(H,15,17)(H,18,19). The molecule has 6 heteroatoms. The summed E-state index contributed by atoms with van der Waals surface area (Å²) in [5, 5.41) is 21.2. The maximum absolute atomic E-state index is 12.8. The molecule has 0 saturated heterocycles. The van der Waals surface area contributed by atoms with Gasteiger partial charge in [0.1, 0.15) is 17.1 Å². The van der Waals surface area contributed by atoms with Crippen molar-refractivity contribution in [1.29, 1.82) is 0 Å². The van der Waals surface area contributed by atoms with Crippen molar-refractivity contribution in [3.63, 3.8) is 0 Å². The number of phenolic OH excluding ortho intramolecular Hbond substituents is 1. The van der Waals surface area contributed by atoms with E-state index >= 15 is 0 Å². The molecule has 1 aliphatic rings. The molecule has 0 spiro atoms. The quantitative estimate of drug-likeness (QED) is 0.777. The molecule has 102 valence electrons. The predicted molar refractivity (Wildman–Crippen MR) is 64.4 cm³/mol. The fraction of sp³-hybridized carbons (Fsp3) is 0.385. The number of carbonyl (C=O) groups is 2. The van der Waals surface area contributed by atoms with Crippen LogP contribution in [0.25, 0.3) is 0 Å². The summed E-state index contributed by atoms with van der Waals surface area (Å²) < 4.78 is 12.8. The van der Waals surface area contributed by atoms with Crippen molar-refractivity contribution in [2.75, 3.05) is 0 Å². The second-order valence-electron chi connectivity index (χ2n) is 4.71. The zero-order valence-electron chi connectivity index (χ0n) is 10.1. The van der Waals surface area contributed by atoms with Crippen molar-refractivity contribution >= 4 is 11.9 Å². The maximum Gasteiger partial charge on any atom is 0.329 e. The molecule has 0 heterocycles. The monoisotopic (exact) mass is 267 g/mol. The average molecular weight is 267 g/mol. The third-order valence-electron chi connectivity index (χ3n) is 3.42. The Morgan fingerprint density at radius 3 is 2.42 bits per heavy atom. The Morgan fingerprint density at radius 2 is 1.89 bits per heavy atom. The Labute approximate surface area is 109 Å². The molecule has 0 aromatic heterocycles. The fourth-order valence-corrected chi connectivity index (χ4v) is 2.35. The smallest absolute Gasteiger partial charge is 0.329 e. The first-order chi connectivity index (χ1) is 8.94. The Bertz CT molecular complexity index is 523. The van der Waals surface area contributed by atoms with E-state index in [9.17, 15) is 24.2 Å². The van der Waals surface area contributed by atoms with Crippen LogP contribution >= 0.6 is 0 Å². The zero-order valence-corrected chi connectivity index (χ0v) is 10.1. The number of amides is 1. The van der Waals surface area contributed by atoms with Crippen LogP contribution in [0.15, 0.2) is 18.2 Å². The van der Waals surface area contributed by atoms with Gasteiger partial charge in [-0.15, -0.1) is 0 Å². The van der Waals surface area contributed by atoms with Crippen molar-refractivity contribution in [2.24, 2.45) is 0 Å². The van der Waals surface area contributed by atoms with Crippen LogP contribution in [-0.4, -0.2) is 27.6 Å². The van der Waals surface area contributed by atoms with Crippen LogP contribution < -0.4 is 5.32 Å². The van der Waals surface area contributed by atoms with E-state index in [1.165, 1.54) is 0 Å². The second kappa shape index (κ2) is 4.87. The number of aliphatic carboxylic acids is 1. The van der Waals surface area contributed by atoms with Crippen molar-refractivity contribution < 1.29 is 24.2 Å². The molecule has 0 atom stereocenters. The van der Waals surface area contributed by atoms with E-state index in [1.807, 2.05) is 0 Å².